The van der Waals surface area contributed by atoms with Gasteiger partial charge in [-0.2, -0.15) is 0 Å². The highest BCUT2D eigenvalue weighted by molar-refractivity contribution is 7.91. The standard InChI is InChI=1S/C35H37Cl2N5O5S/c1-21(43)19-42-14-15-48(45,46)30-16-22(6-7-24(30)20-42)34-33(37)27(12-13-39-34)26-4-3-5-28(32(26)36)29-10-8-23(35(41-29)47-2)17-38-18-25-9-11-31(44)40-25/h3-8,10,12-13,16,21,25,38,43H,9,11,14-15,17-20H2,1-2H3,(H,40,44)/t21-,25-/m1/s1. The number of carbonyl (C=O) groups is 1. The van der Waals surface area contributed by atoms with Crippen LogP contribution < -0.4 is 15.4 Å². The molecule has 0 aliphatic carbocycles. The molecule has 1 amide bonds. The zero-order valence-electron chi connectivity index (χ0n) is 26.7. The maximum atomic E-state index is 13.3. The summed E-state index contributed by atoms with van der Waals surface area (Å²) in [7, 11) is -2.00. The minimum absolute atomic E-state index is 0.0454. The van der Waals surface area contributed by atoms with Crippen molar-refractivity contribution in [1.82, 2.24) is 25.5 Å². The summed E-state index contributed by atoms with van der Waals surface area (Å²) in [5.41, 5.74) is 5.18. The smallest absolute Gasteiger partial charge is 0.220 e. The van der Waals surface area contributed by atoms with E-state index in [-0.39, 0.29) is 22.6 Å². The van der Waals surface area contributed by atoms with E-state index in [1.54, 1.807) is 38.4 Å². The fourth-order valence-electron chi connectivity index (χ4n) is 6.26. The topological polar surface area (TPSA) is 134 Å². The second-order valence-corrected chi connectivity index (χ2v) is 15.0. The van der Waals surface area contributed by atoms with E-state index in [2.05, 4.69) is 15.6 Å². The van der Waals surface area contributed by atoms with Gasteiger partial charge in [-0.3, -0.25) is 14.7 Å². The van der Waals surface area contributed by atoms with Crippen LogP contribution in [0.1, 0.15) is 30.9 Å². The number of fused-ring (bicyclic) bond motifs is 1. The molecule has 2 atom stereocenters. The van der Waals surface area contributed by atoms with Crippen molar-refractivity contribution in [2.75, 3.05) is 32.5 Å². The lowest BCUT2D eigenvalue weighted by atomic mass is 9.99. The van der Waals surface area contributed by atoms with E-state index in [0.717, 1.165) is 12.0 Å². The molecule has 252 valence electrons. The number of amides is 1. The number of benzene rings is 2. The Bertz CT molecular complexity index is 1960. The third-order valence-corrected chi connectivity index (χ3v) is 11.2. The van der Waals surface area contributed by atoms with Gasteiger partial charge in [-0.25, -0.2) is 13.4 Å². The van der Waals surface area contributed by atoms with E-state index >= 15 is 0 Å². The molecule has 0 saturated carbocycles. The van der Waals surface area contributed by atoms with Gasteiger partial charge in [-0.05, 0) is 37.1 Å². The molecule has 13 heteroatoms. The average Bonchev–Trinajstić information content (AvgIpc) is 3.43. The second kappa shape index (κ2) is 14.5. The van der Waals surface area contributed by atoms with Gasteiger partial charge in [0.2, 0.25) is 11.8 Å². The number of methoxy groups -OCH3 is 1. The predicted molar refractivity (Wildman–Crippen MR) is 187 cm³/mol. The number of aliphatic hydroxyl groups is 1. The molecule has 6 rings (SSSR count). The summed E-state index contributed by atoms with van der Waals surface area (Å²) in [6.07, 6.45) is 2.44. The molecule has 0 unspecified atom stereocenters. The molecule has 2 aromatic carbocycles. The zero-order chi connectivity index (χ0) is 34.0. The van der Waals surface area contributed by atoms with Gasteiger partial charge in [0.05, 0.1) is 45.3 Å². The van der Waals surface area contributed by atoms with Crippen LogP contribution in [0, 0.1) is 0 Å². The van der Waals surface area contributed by atoms with Crippen molar-refractivity contribution in [2.45, 2.75) is 49.9 Å². The predicted octanol–water partition coefficient (Wildman–Crippen LogP) is 5.13. The quantitative estimate of drug-likeness (QED) is 0.205. The molecule has 3 N–H and O–H groups in total. The summed E-state index contributed by atoms with van der Waals surface area (Å²) in [6, 6.07) is 16.6. The Labute approximate surface area is 290 Å². The number of halogens is 2. The number of aromatic nitrogens is 2. The van der Waals surface area contributed by atoms with Crippen LogP contribution in [0.25, 0.3) is 33.6 Å². The normalized spacial score (nSPS) is 18.2. The summed E-state index contributed by atoms with van der Waals surface area (Å²) in [6.45, 7) is 4.01. The van der Waals surface area contributed by atoms with E-state index in [9.17, 15) is 18.3 Å². The van der Waals surface area contributed by atoms with Gasteiger partial charge in [-0.15, -0.1) is 0 Å². The van der Waals surface area contributed by atoms with Gasteiger partial charge in [-0.1, -0.05) is 59.6 Å². The minimum atomic E-state index is -3.57. The molecular formula is C35H37Cl2N5O5S. The number of nitrogens with one attached hydrogen (secondary N) is 2. The van der Waals surface area contributed by atoms with Crippen molar-refractivity contribution in [3.8, 4) is 39.5 Å². The van der Waals surface area contributed by atoms with E-state index in [1.165, 1.54) is 0 Å². The molecule has 0 bridgehead atoms. The molecule has 2 aliphatic rings. The Morgan fingerprint density at radius 1 is 1.10 bits per heavy atom. The Morgan fingerprint density at radius 2 is 1.90 bits per heavy atom. The molecule has 10 nitrogen and oxygen atoms in total. The second-order valence-electron chi connectivity index (χ2n) is 12.2. The highest BCUT2D eigenvalue weighted by Gasteiger charge is 2.27. The summed E-state index contributed by atoms with van der Waals surface area (Å²) >= 11 is 14.1. The van der Waals surface area contributed by atoms with Gasteiger partial charge in [0, 0.05) is 79.2 Å². The maximum absolute atomic E-state index is 13.3. The molecule has 2 aromatic heterocycles. The Balaban J connectivity index is 1.28. The van der Waals surface area contributed by atoms with Crippen molar-refractivity contribution < 1.29 is 23.1 Å². The van der Waals surface area contributed by atoms with Crippen LogP contribution in [-0.2, 0) is 27.7 Å². The third kappa shape index (κ3) is 7.36. The van der Waals surface area contributed by atoms with Crippen molar-refractivity contribution in [3.05, 3.63) is 82.0 Å². The van der Waals surface area contributed by atoms with Gasteiger partial charge in [0.1, 0.15) is 0 Å². The van der Waals surface area contributed by atoms with Crippen molar-refractivity contribution in [2.24, 2.45) is 0 Å². The van der Waals surface area contributed by atoms with Crippen LogP contribution in [-0.4, -0.2) is 78.9 Å². The third-order valence-electron chi connectivity index (χ3n) is 8.65. The van der Waals surface area contributed by atoms with E-state index in [0.29, 0.717) is 94.3 Å². The van der Waals surface area contributed by atoms with Crippen LogP contribution in [0.15, 0.2) is 65.7 Å². The number of pyridine rings is 2. The molecule has 0 spiro atoms. The lowest BCUT2D eigenvalue weighted by Gasteiger charge is -2.21. The molecule has 0 radical (unpaired) electrons. The lowest BCUT2D eigenvalue weighted by molar-refractivity contribution is -0.119. The summed E-state index contributed by atoms with van der Waals surface area (Å²) < 4.78 is 32.2. The Hall–Kier alpha value is -3.58. The molecule has 1 saturated heterocycles. The highest BCUT2D eigenvalue weighted by Crippen LogP contribution is 2.42. The number of sulfone groups is 1. The number of rotatable bonds is 10. The van der Waals surface area contributed by atoms with E-state index in [4.69, 9.17) is 32.9 Å². The SMILES string of the molecule is COc1nc(-c2cccc(-c3ccnc(-c4ccc5c(c4)S(=O)(=O)CCN(C[C@@H](C)O)C5)c3Cl)c2Cl)ccc1CNC[C@H]1CCC(=O)N1. The number of hydrogen-bond donors (Lipinski definition) is 3. The first kappa shape index (κ1) is 34.3. The van der Waals surface area contributed by atoms with E-state index in [1.807, 2.05) is 41.3 Å². The first-order valence-corrected chi connectivity index (χ1v) is 18.2. The maximum Gasteiger partial charge on any atom is 0.220 e. The number of ether oxygens (including phenoxy) is 1. The number of β-amino-alcohol motifs (C(OH)–C–C–N with tert-alkyl or cyclic N) is 1. The molecule has 48 heavy (non-hydrogen) atoms. The summed E-state index contributed by atoms with van der Waals surface area (Å²) in [5.74, 6) is 0.504. The lowest BCUT2D eigenvalue weighted by Crippen LogP contribution is -2.35. The van der Waals surface area contributed by atoms with Gasteiger partial charge < -0.3 is 20.5 Å². The zero-order valence-corrected chi connectivity index (χ0v) is 29.0. The monoisotopic (exact) mass is 709 g/mol. The van der Waals surface area contributed by atoms with Gasteiger partial charge in [0.15, 0.2) is 9.84 Å². The molecule has 1 fully saturated rings. The van der Waals surface area contributed by atoms with Crippen molar-refractivity contribution in [3.63, 3.8) is 0 Å². The van der Waals surface area contributed by atoms with Gasteiger partial charge >= 0.3 is 0 Å². The van der Waals surface area contributed by atoms with Crippen molar-refractivity contribution in [1.29, 1.82) is 0 Å². The first-order valence-electron chi connectivity index (χ1n) is 15.8. The van der Waals surface area contributed by atoms with Crippen molar-refractivity contribution >= 4 is 38.9 Å². The highest BCUT2D eigenvalue weighted by atomic mass is 35.5. The molecule has 2 aliphatic heterocycles. The number of aliphatic hydroxyl groups excluding tert-OH is 1. The average molecular weight is 711 g/mol. The van der Waals surface area contributed by atoms with Crippen LogP contribution in [0.5, 0.6) is 5.88 Å². The van der Waals surface area contributed by atoms with Crippen LogP contribution in [0.2, 0.25) is 10.0 Å². The minimum Gasteiger partial charge on any atom is -0.481 e. The number of nitrogens with zero attached hydrogens (tertiary/aromatic N) is 3. The fraction of sp³-hybridized carbons (Fsp3) is 0.343. The number of carbonyl (C=O) groups excluding carboxylic acids is 1. The van der Waals surface area contributed by atoms with Crippen LogP contribution in [0.4, 0.5) is 0 Å². The fourth-order valence-corrected chi connectivity index (χ4v) is 8.47. The molecule has 4 aromatic rings. The van der Waals surface area contributed by atoms with E-state index < -0.39 is 15.9 Å². The van der Waals surface area contributed by atoms with Crippen LogP contribution >= 0.6 is 23.2 Å². The largest absolute Gasteiger partial charge is 0.481 e. The van der Waals surface area contributed by atoms with Gasteiger partial charge in [0.25, 0.3) is 0 Å². The summed E-state index contributed by atoms with van der Waals surface area (Å²) in [4.78, 5) is 23.0. The molecular weight excluding hydrogens is 673 g/mol. The van der Waals surface area contributed by atoms with Crippen LogP contribution in [0.3, 0.4) is 0 Å². The Kier molecular flexibility index (Phi) is 10.4. The first-order chi connectivity index (χ1) is 23.0. The molecule has 4 heterocycles. The summed E-state index contributed by atoms with van der Waals surface area (Å²) in [5, 5.41) is 17.0. The number of hydrogen-bond acceptors (Lipinski definition) is 9. The Morgan fingerprint density at radius 3 is 2.65 bits per heavy atom.